The van der Waals surface area contributed by atoms with Crippen LogP contribution in [0.15, 0.2) is 28.9 Å². The van der Waals surface area contributed by atoms with E-state index >= 15 is 0 Å². The summed E-state index contributed by atoms with van der Waals surface area (Å²) in [6.45, 7) is 4.56. The van der Waals surface area contributed by atoms with E-state index < -0.39 is 4.92 Å². The Labute approximate surface area is 113 Å². The quantitative estimate of drug-likeness (QED) is 0.646. The first-order valence-corrected chi connectivity index (χ1v) is 6.20. The summed E-state index contributed by atoms with van der Waals surface area (Å²) in [5, 5.41) is 14.7. The third-order valence-electron chi connectivity index (χ3n) is 2.71. The van der Waals surface area contributed by atoms with Gasteiger partial charge in [-0.1, -0.05) is 23.8 Å². The molecule has 2 aromatic rings. The highest BCUT2D eigenvalue weighted by atomic mass is 79.9. The zero-order valence-corrected chi connectivity index (χ0v) is 11.6. The van der Waals surface area contributed by atoms with Crippen molar-refractivity contribution in [3.05, 3.63) is 55.7 Å². The lowest BCUT2D eigenvalue weighted by Gasteiger charge is -2.04. The van der Waals surface area contributed by atoms with Crippen LogP contribution >= 0.6 is 15.9 Å². The minimum absolute atomic E-state index is 0.152. The highest BCUT2D eigenvalue weighted by Crippen LogP contribution is 2.23. The second-order valence-corrected chi connectivity index (χ2v) is 5.04. The van der Waals surface area contributed by atoms with E-state index in [1.807, 2.05) is 26.0 Å². The van der Waals surface area contributed by atoms with Crippen molar-refractivity contribution in [2.45, 2.75) is 20.4 Å². The first kappa shape index (κ1) is 12.8. The highest BCUT2D eigenvalue weighted by molar-refractivity contribution is 9.10. The topological polar surface area (TPSA) is 61.0 Å². The second-order valence-electron chi connectivity index (χ2n) is 4.19. The Kier molecular flexibility index (Phi) is 3.47. The van der Waals surface area contributed by atoms with Crippen LogP contribution < -0.4 is 0 Å². The summed E-state index contributed by atoms with van der Waals surface area (Å²) in [7, 11) is 0. The second kappa shape index (κ2) is 4.89. The predicted molar refractivity (Wildman–Crippen MR) is 71.6 cm³/mol. The van der Waals surface area contributed by atoms with Crippen LogP contribution in [-0.2, 0) is 6.54 Å². The van der Waals surface area contributed by atoms with E-state index in [4.69, 9.17) is 0 Å². The van der Waals surface area contributed by atoms with Crippen LogP contribution in [0.25, 0.3) is 0 Å². The van der Waals surface area contributed by atoms with Crippen molar-refractivity contribution < 1.29 is 4.92 Å². The summed E-state index contributed by atoms with van der Waals surface area (Å²) >= 11 is 3.14. The van der Waals surface area contributed by atoms with Gasteiger partial charge >= 0.3 is 5.82 Å². The maximum atomic E-state index is 10.7. The van der Waals surface area contributed by atoms with Gasteiger partial charge in [0.1, 0.15) is 4.47 Å². The third-order valence-corrected chi connectivity index (χ3v) is 3.27. The van der Waals surface area contributed by atoms with E-state index in [1.165, 1.54) is 0 Å². The van der Waals surface area contributed by atoms with E-state index in [0.29, 0.717) is 11.0 Å². The van der Waals surface area contributed by atoms with Gasteiger partial charge in [0.05, 0.1) is 17.8 Å². The average molecular weight is 310 g/mol. The van der Waals surface area contributed by atoms with Crippen molar-refractivity contribution in [3.8, 4) is 0 Å². The van der Waals surface area contributed by atoms with Crippen LogP contribution in [0.3, 0.4) is 0 Å². The Bertz CT molecular complexity index is 607. The van der Waals surface area contributed by atoms with E-state index in [9.17, 15) is 10.1 Å². The van der Waals surface area contributed by atoms with Crippen molar-refractivity contribution in [1.82, 2.24) is 9.78 Å². The molecule has 1 aromatic heterocycles. The van der Waals surface area contributed by atoms with Gasteiger partial charge in [-0.05, 0) is 45.8 Å². The number of benzene rings is 1. The van der Waals surface area contributed by atoms with Gasteiger partial charge in [0.2, 0.25) is 0 Å². The van der Waals surface area contributed by atoms with Gasteiger partial charge in [0.25, 0.3) is 0 Å². The number of nitrogens with zero attached hydrogens (tertiary/aromatic N) is 3. The van der Waals surface area contributed by atoms with Gasteiger partial charge in [0.15, 0.2) is 0 Å². The summed E-state index contributed by atoms with van der Waals surface area (Å²) < 4.78 is 1.97. The van der Waals surface area contributed by atoms with E-state index in [0.717, 1.165) is 16.7 Å². The molecule has 0 N–H and O–H groups in total. The molecule has 0 spiro atoms. The molecule has 0 unspecified atom stereocenters. The number of halogens is 1. The predicted octanol–water partition coefficient (Wildman–Crippen LogP) is 3.22. The van der Waals surface area contributed by atoms with Crippen LogP contribution in [0.5, 0.6) is 0 Å². The van der Waals surface area contributed by atoms with Crippen molar-refractivity contribution in [2.24, 2.45) is 0 Å². The first-order chi connectivity index (χ1) is 8.47. The molecule has 0 aliphatic rings. The van der Waals surface area contributed by atoms with Crippen molar-refractivity contribution in [2.75, 3.05) is 0 Å². The molecule has 0 atom stereocenters. The molecular weight excluding hydrogens is 298 g/mol. The molecule has 1 aromatic carbocycles. The van der Waals surface area contributed by atoms with E-state index in [-0.39, 0.29) is 5.82 Å². The van der Waals surface area contributed by atoms with Gasteiger partial charge in [-0.15, -0.1) is 0 Å². The Morgan fingerprint density at radius 1 is 1.44 bits per heavy atom. The fourth-order valence-corrected chi connectivity index (χ4v) is 2.20. The van der Waals surface area contributed by atoms with Gasteiger partial charge in [-0.3, -0.25) is 0 Å². The molecular formula is C12H12BrN3O2. The van der Waals surface area contributed by atoms with Crippen molar-refractivity contribution in [3.63, 3.8) is 0 Å². The molecule has 0 bridgehead atoms. The normalized spacial score (nSPS) is 10.6. The SMILES string of the molecule is Cc1ccc(C)c(Cn2cc(Br)c([N+](=O)[O-])n2)c1. The lowest BCUT2D eigenvalue weighted by Crippen LogP contribution is -2.03. The molecule has 0 radical (unpaired) electrons. The van der Waals surface area contributed by atoms with Crippen LogP contribution in [0.4, 0.5) is 5.82 Å². The Morgan fingerprint density at radius 3 is 2.78 bits per heavy atom. The van der Waals surface area contributed by atoms with Crippen molar-refractivity contribution >= 4 is 21.7 Å². The summed E-state index contributed by atoms with van der Waals surface area (Å²) in [6, 6.07) is 6.15. The number of nitro groups is 1. The lowest BCUT2D eigenvalue weighted by molar-refractivity contribution is -0.390. The molecule has 6 heteroatoms. The fourth-order valence-electron chi connectivity index (χ4n) is 1.74. The summed E-state index contributed by atoms with van der Waals surface area (Å²) in [5.41, 5.74) is 3.42. The van der Waals surface area contributed by atoms with Crippen molar-refractivity contribution in [1.29, 1.82) is 0 Å². The Morgan fingerprint density at radius 2 is 2.17 bits per heavy atom. The molecule has 18 heavy (non-hydrogen) atoms. The minimum atomic E-state index is -0.496. The van der Waals surface area contributed by atoms with Gasteiger partial charge in [0, 0.05) is 0 Å². The fraction of sp³-hybridized carbons (Fsp3) is 0.250. The van der Waals surface area contributed by atoms with Crippen LogP contribution in [0.2, 0.25) is 0 Å². The summed E-state index contributed by atoms with van der Waals surface area (Å²) in [5.74, 6) is -0.152. The molecule has 0 saturated heterocycles. The molecule has 0 saturated carbocycles. The number of rotatable bonds is 3. The molecule has 1 heterocycles. The maximum absolute atomic E-state index is 10.7. The number of hydrogen-bond acceptors (Lipinski definition) is 3. The molecule has 2 rings (SSSR count). The molecule has 94 valence electrons. The van der Waals surface area contributed by atoms with E-state index in [2.05, 4.69) is 27.1 Å². The molecule has 5 nitrogen and oxygen atoms in total. The smallest absolute Gasteiger partial charge is 0.358 e. The Balaban J connectivity index is 2.31. The third kappa shape index (κ3) is 2.59. The highest BCUT2D eigenvalue weighted by Gasteiger charge is 2.18. The summed E-state index contributed by atoms with van der Waals surface area (Å²) in [4.78, 5) is 10.2. The number of aromatic nitrogens is 2. The van der Waals surface area contributed by atoms with Crippen LogP contribution in [0.1, 0.15) is 16.7 Å². The average Bonchev–Trinajstić information content (AvgIpc) is 2.65. The summed E-state index contributed by atoms with van der Waals surface area (Å²) in [6.07, 6.45) is 1.62. The number of aryl methyl sites for hydroxylation is 2. The van der Waals surface area contributed by atoms with Gasteiger partial charge in [-0.25, -0.2) is 0 Å². The zero-order chi connectivity index (χ0) is 13.3. The monoisotopic (exact) mass is 309 g/mol. The molecule has 0 fully saturated rings. The maximum Gasteiger partial charge on any atom is 0.404 e. The van der Waals surface area contributed by atoms with Crippen LogP contribution in [-0.4, -0.2) is 14.7 Å². The molecule has 0 amide bonds. The zero-order valence-electron chi connectivity index (χ0n) is 10.1. The van der Waals surface area contributed by atoms with Crippen LogP contribution in [0, 0.1) is 24.0 Å². The molecule has 0 aliphatic heterocycles. The first-order valence-electron chi connectivity index (χ1n) is 5.41. The number of hydrogen-bond donors (Lipinski definition) is 0. The lowest BCUT2D eigenvalue weighted by atomic mass is 10.1. The van der Waals surface area contributed by atoms with E-state index in [1.54, 1.807) is 10.9 Å². The Hall–Kier alpha value is -1.69. The van der Waals surface area contributed by atoms with Gasteiger partial charge < -0.3 is 10.1 Å². The standard InChI is InChI=1S/C12H12BrN3O2/c1-8-3-4-9(2)10(5-8)6-15-7-11(13)12(14-15)16(17)18/h3-5,7H,6H2,1-2H3. The largest absolute Gasteiger partial charge is 0.404 e. The van der Waals surface area contributed by atoms with Gasteiger partial charge in [-0.2, -0.15) is 4.68 Å². The molecule has 0 aliphatic carbocycles. The minimum Gasteiger partial charge on any atom is -0.358 e.